The van der Waals surface area contributed by atoms with Crippen molar-refractivity contribution in [1.29, 1.82) is 5.26 Å². The van der Waals surface area contributed by atoms with Crippen molar-refractivity contribution in [3.63, 3.8) is 0 Å². The molecule has 1 heterocycles. The number of amides is 1. The zero-order chi connectivity index (χ0) is 20.3. The summed E-state index contributed by atoms with van der Waals surface area (Å²) in [6.45, 7) is 1.27. The molecule has 0 bridgehead atoms. The zero-order valence-electron chi connectivity index (χ0n) is 14.7. The average Bonchev–Trinajstić information content (AvgIpc) is 2.69. The Morgan fingerprint density at radius 2 is 1.86 bits per heavy atom. The largest absolute Gasteiger partial charge is 0.505 e. The van der Waals surface area contributed by atoms with Crippen LogP contribution in [0.15, 0.2) is 48.5 Å². The van der Waals surface area contributed by atoms with Gasteiger partial charge in [-0.1, -0.05) is 18.2 Å². The molecule has 0 unspecified atom stereocenters. The van der Waals surface area contributed by atoms with Gasteiger partial charge in [0.25, 0.3) is 5.91 Å². The minimum atomic E-state index is -1.24. The van der Waals surface area contributed by atoms with Gasteiger partial charge < -0.3 is 20.3 Å². The molecule has 1 aromatic heterocycles. The fraction of sp³-hybridized carbons (Fsp3) is 0.100. The summed E-state index contributed by atoms with van der Waals surface area (Å²) >= 11 is 0. The van der Waals surface area contributed by atoms with Crippen molar-refractivity contribution in [1.82, 2.24) is 10.3 Å². The normalized spacial score (nSPS) is 11.4. The molecule has 3 rings (SSSR count). The van der Waals surface area contributed by atoms with E-state index in [4.69, 9.17) is 9.84 Å². The zero-order valence-corrected chi connectivity index (χ0v) is 14.7. The Morgan fingerprint density at radius 3 is 2.50 bits per heavy atom. The lowest BCUT2D eigenvalue weighted by molar-refractivity contribution is -0.138. The van der Waals surface area contributed by atoms with Gasteiger partial charge in [-0.05, 0) is 37.3 Å². The van der Waals surface area contributed by atoms with Crippen molar-refractivity contribution in [2.75, 3.05) is 0 Å². The molecule has 3 N–H and O–H groups in total. The molecule has 8 nitrogen and oxygen atoms in total. The van der Waals surface area contributed by atoms with E-state index in [2.05, 4.69) is 10.3 Å². The van der Waals surface area contributed by atoms with Crippen LogP contribution >= 0.6 is 0 Å². The lowest BCUT2D eigenvalue weighted by Crippen LogP contribution is -2.38. The highest BCUT2D eigenvalue weighted by atomic mass is 16.5. The smallest absolute Gasteiger partial charge is 0.325 e. The van der Waals surface area contributed by atoms with Gasteiger partial charge >= 0.3 is 5.97 Å². The van der Waals surface area contributed by atoms with E-state index in [0.717, 1.165) is 0 Å². The Bertz CT molecular complexity index is 1110. The number of pyridine rings is 1. The number of carbonyl (C=O) groups excluding carboxylic acids is 1. The molecule has 0 fully saturated rings. The number of nitriles is 1. The van der Waals surface area contributed by atoms with Gasteiger partial charge in [-0.15, -0.1) is 0 Å². The van der Waals surface area contributed by atoms with E-state index in [1.54, 1.807) is 18.2 Å². The lowest BCUT2D eigenvalue weighted by Gasteiger charge is -2.13. The third kappa shape index (κ3) is 3.68. The van der Waals surface area contributed by atoms with Crippen LogP contribution in [0.3, 0.4) is 0 Å². The molecule has 2 aromatic carbocycles. The first-order valence-corrected chi connectivity index (χ1v) is 8.24. The molecule has 140 valence electrons. The maximum absolute atomic E-state index is 12.3. The highest BCUT2D eigenvalue weighted by Crippen LogP contribution is 2.33. The molecule has 0 spiro atoms. The van der Waals surface area contributed by atoms with Gasteiger partial charge in [0, 0.05) is 10.8 Å². The molecule has 0 radical (unpaired) electrons. The third-order valence-electron chi connectivity index (χ3n) is 3.97. The van der Waals surface area contributed by atoms with E-state index in [1.165, 1.54) is 19.1 Å². The fourth-order valence-corrected chi connectivity index (χ4v) is 2.54. The Balaban J connectivity index is 2.03. The summed E-state index contributed by atoms with van der Waals surface area (Å²) in [4.78, 5) is 27.1. The summed E-state index contributed by atoms with van der Waals surface area (Å²) in [7, 11) is 0. The van der Waals surface area contributed by atoms with Gasteiger partial charge in [0.05, 0.1) is 0 Å². The van der Waals surface area contributed by atoms with Crippen LogP contribution in [0.25, 0.3) is 10.8 Å². The molecular weight excluding hydrogens is 362 g/mol. The molecule has 1 atom stereocenters. The number of para-hydroxylation sites is 1. The topological polar surface area (TPSA) is 133 Å². The summed E-state index contributed by atoms with van der Waals surface area (Å²) in [5, 5.41) is 31.5. The van der Waals surface area contributed by atoms with E-state index >= 15 is 0 Å². The standard InChI is InChI=1S/C20H15N3O5/c1-11(20(26)27)22-19(25)17-18(24)14-8-7-13(9-15(14)16(10-21)23-17)28-12-5-3-2-4-6-12/h2-9,11,24H,1H3,(H,22,25)(H,26,27)/t11-/m0/s1. The molecule has 1 amide bonds. The van der Waals surface area contributed by atoms with Gasteiger partial charge in [-0.25, -0.2) is 4.98 Å². The van der Waals surface area contributed by atoms with Crippen LogP contribution in [-0.4, -0.2) is 33.1 Å². The Kier molecular flexibility index (Phi) is 5.09. The van der Waals surface area contributed by atoms with Crippen LogP contribution in [0.4, 0.5) is 0 Å². The van der Waals surface area contributed by atoms with E-state index in [-0.39, 0.29) is 11.1 Å². The van der Waals surface area contributed by atoms with Crippen molar-refractivity contribution in [2.24, 2.45) is 0 Å². The number of carboxylic acid groups (broad SMARTS) is 1. The van der Waals surface area contributed by atoms with E-state index in [1.807, 2.05) is 24.3 Å². The molecule has 0 aliphatic heterocycles. The first kappa shape index (κ1) is 18.7. The lowest BCUT2D eigenvalue weighted by atomic mass is 10.1. The Morgan fingerprint density at radius 1 is 1.14 bits per heavy atom. The highest BCUT2D eigenvalue weighted by Gasteiger charge is 2.22. The van der Waals surface area contributed by atoms with Crippen LogP contribution in [0.5, 0.6) is 17.2 Å². The number of rotatable bonds is 5. The number of fused-ring (bicyclic) bond motifs is 1. The molecule has 28 heavy (non-hydrogen) atoms. The summed E-state index contributed by atoms with van der Waals surface area (Å²) in [5.41, 5.74) is -0.520. The van der Waals surface area contributed by atoms with Crippen LogP contribution in [0.2, 0.25) is 0 Å². The van der Waals surface area contributed by atoms with Crippen molar-refractivity contribution in [2.45, 2.75) is 13.0 Å². The summed E-state index contributed by atoms with van der Waals surface area (Å²) in [6.07, 6.45) is 0. The minimum absolute atomic E-state index is 0.0977. The second-order valence-electron chi connectivity index (χ2n) is 5.93. The van der Waals surface area contributed by atoms with Gasteiger partial charge in [0.1, 0.15) is 29.3 Å². The van der Waals surface area contributed by atoms with Crippen LogP contribution in [0.1, 0.15) is 23.1 Å². The molecule has 3 aromatic rings. The number of ether oxygens (including phenoxy) is 1. The number of benzene rings is 2. The van der Waals surface area contributed by atoms with E-state index in [9.17, 15) is 20.0 Å². The number of hydrogen-bond acceptors (Lipinski definition) is 6. The molecule has 8 heteroatoms. The van der Waals surface area contributed by atoms with Gasteiger partial charge in [-0.2, -0.15) is 5.26 Å². The quantitative estimate of drug-likeness (QED) is 0.623. The number of nitrogens with zero attached hydrogens (tertiary/aromatic N) is 2. The Hall–Kier alpha value is -4.12. The molecule has 0 saturated carbocycles. The Labute approximate surface area is 159 Å². The second kappa shape index (κ2) is 7.63. The van der Waals surface area contributed by atoms with E-state index < -0.39 is 29.4 Å². The van der Waals surface area contributed by atoms with E-state index in [0.29, 0.717) is 16.9 Å². The maximum atomic E-state index is 12.3. The summed E-state index contributed by atoms with van der Waals surface area (Å²) in [6, 6.07) is 14.3. The SMILES string of the molecule is C[C@H](NC(=O)c1nc(C#N)c2cc(Oc3ccccc3)ccc2c1O)C(=O)O. The summed E-state index contributed by atoms with van der Waals surface area (Å²) in [5.74, 6) is -1.56. The van der Waals surface area contributed by atoms with Crippen molar-refractivity contribution in [3.05, 3.63) is 59.9 Å². The highest BCUT2D eigenvalue weighted by molar-refractivity contribution is 6.04. The van der Waals surface area contributed by atoms with Crippen LogP contribution in [-0.2, 0) is 4.79 Å². The molecule has 0 saturated heterocycles. The number of nitrogens with one attached hydrogen (secondary N) is 1. The van der Waals surface area contributed by atoms with Gasteiger partial charge in [-0.3, -0.25) is 9.59 Å². The monoisotopic (exact) mass is 377 g/mol. The van der Waals surface area contributed by atoms with Crippen molar-refractivity contribution >= 4 is 22.6 Å². The second-order valence-corrected chi connectivity index (χ2v) is 5.93. The number of carboxylic acids is 1. The first-order chi connectivity index (χ1) is 13.4. The fourth-order valence-electron chi connectivity index (χ4n) is 2.54. The van der Waals surface area contributed by atoms with Crippen molar-refractivity contribution < 1.29 is 24.5 Å². The number of aliphatic carboxylic acids is 1. The number of aromatic nitrogens is 1. The van der Waals surface area contributed by atoms with Gasteiger partial charge in [0.15, 0.2) is 11.4 Å². The third-order valence-corrected chi connectivity index (χ3v) is 3.97. The van der Waals surface area contributed by atoms with Crippen LogP contribution < -0.4 is 10.1 Å². The molecule has 0 aliphatic carbocycles. The number of aromatic hydroxyl groups is 1. The van der Waals surface area contributed by atoms with Gasteiger partial charge in [0.2, 0.25) is 0 Å². The predicted molar refractivity (Wildman–Crippen MR) is 99.2 cm³/mol. The predicted octanol–water partition coefficient (Wildman–Crippen LogP) is 2.81. The molecule has 0 aliphatic rings. The minimum Gasteiger partial charge on any atom is -0.505 e. The molecular formula is C20H15N3O5. The first-order valence-electron chi connectivity index (χ1n) is 8.24. The number of carbonyl (C=O) groups is 2. The summed E-state index contributed by atoms with van der Waals surface area (Å²) < 4.78 is 5.72. The van der Waals surface area contributed by atoms with Crippen molar-refractivity contribution in [3.8, 4) is 23.3 Å². The maximum Gasteiger partial charge on any atom is 0.325 e. The average molecular weight is 377 g/mol. The number of hydrogen-bond donors (Lipinski definition) is 3. The van der Waals surface area contributed by atoms with Crippen LogP contribution in [0, 0.1) is 11.3 Å².